The summed E-state index contributed by atoms with van der Waals surface area (Å²) in [6, 6.07) is 16.8. The van der Waals surface area contributed by atoms with E-state index in [0.717, 1.165) is 51.1 Å². The predicted molar refractivity (Wildman–Crippen MR) is 119 cm³/mol. The molecule has 3 rings (SSSR count). The summed E-state index contributed by atoms with van der Waals surface area (Å²) in [6.45, 7) is 7.62. The Morgan fingerprint density at radius 2 is 1.86 bits per heavy atom. The Bertz CT molecular complexity index is 786. The van der Waals surface area contributed by atoms with Crippen molar-refractivity contribution in [3.05, 3.63) is 59.7 Å². The highest BCUT2D eigenvalue weighted by Gasteiger charge is 2.15. The van der Waals surface area contributed by atoms with Gasteiger partial charge < -0.3 is 24.6 Å². The van der Waals surface area contributed by atoms with Crippen LogP contribution < -0.4 is 15.0 Å². The molecule has 0 atom stereocenters. The highest BCUT2D eigenvalue weighted by atomic mass is 16.5. The van der Waals surface area contributed by atoms with Gasteiger partial charge >= 0.3 is 0 Å². The molecule has 2 aromatic rings. The maximum Gasteiger partial charge on any atom is 0.193 e. The van der Waals surface area contributed by atoms with Crippen molar-refractivity contribution >= 4 is 11.6 Å². The van der Waals surface area contributed by atoms with Crippen LogP contribution in [0.4, 0.5) is 5.69 Å². The van der Waals surface area contributed by atoms with Crippen LogP contribution >= 0.6 is 0 Å². The van der Waals surface area contributed by atoms with Gasteiger partial charge in [0.2, 0.25) is 0 Å². The second-order valence-electron chi connectivity index (χ2n) is 7.06. The number of guanidine groups is 1. The van der Waals surface area contributed by atoms with Crippen LogP contribution in [0, 0.1) is 0 Å². The molecule has 0 unspecified atom stereocenters. The summed E-state index contributed by atoms with van der Waals surface area (Å²) in [5, 5.41) is 3.51. The number of benzene rings is 2. The second-order valence-corrected chi connectivity index (χ2v) is 7.06. The Morgan fingerprint density at radius 3 is 2.55 bits per heavy atom. The molecule has 0 aliphatic carbocycles. The maximum atomic E-state index is 5.52. The Labute approximate surface area is 174 Å². The number of ether oxygens (including phenoxy) is 2. The van der Waals surface area contributed by atoms with E-state index in [1.807, 2.05) is 26.1 Å². The first-order chi connectivity index (χ1) is 14.2. The summed E-state index contributed by atoms with van der Waals surface area (Å²) >= 11 is 0. The number of anilines is 1. The first-order valence-corrected chi connectivity index (χ1v) is 10.3. The lowest BCUT2D eigenvalue weighted by Gasteiger charge is -2.31. The van der Waals surface area contributed by atoms with Crippen LogP contribution in [0.25, 0.3) is 0 Å². The molecule has 2 aromatic carbocycles. The average molecular weight is 397 g/mol. The van der Waals surface area contributed by atoms with Gasteiger partial charge in [-0.1, -0.05) is 30.3 Å². The van der Waals surface area contributed by atoms with Crippen LogP contribution in [-0.2, 0) is 17.8 Å². The summed E-state index contributed by atoms with van der Waals surface area (Å²) < 4.78 is 11.0. The lowest BCUT2D eigenvalue weighted by atomic mass is 10.1. The minimum Gasteiger partial charge on any atom is -0.494 e. The third kappa shape index (κ3) is 5.87. The van der Waals surface area contributed by atoms with Crippen molar-refractivity contribution in [2.24, 2.45) is 4.99 Å². The number of nitrogens with zero attached hydrogens (tertiary/aromatic N) is 3. The predicted octanol–water partition coefficient (Wildman–Crippen LogP) is 3.13. The fourth-order valence-electron chi connectivity index (χ4n) is 3.54. The zero-order chi connectivity index (χ0) is 20.5. The van der Waals surface area contributed by atoms with Crippen LogP contribution in [0.1, 0.15) is 18.1 Å². The Morgan fingerprint density at radius 1 is 1.14 bits per heavy atom. The molecule has 0 radical (unpaired) electrons. The van der Waals surface area contributed by atoms with Crippen molar-refractivity contribution in [2.45, 2.75) is 20.0 Å². The van der Waals surface area contributed by atoms with E-state index in [1.54, 1.807) is 0 Å². The quantitative estimate of drug-likeness (QED) is 0.576. The topological polar surface area (TPSA) is 49.3 Å². The molecule has 29 heavy (non-hydrogen) atoms. The van der Waals surface area contributed by atoms with E-state index in [0.29, 0.717) is 6.61 Å². The molecule has 1 aliphatic heterocycles. The Hall–Kier alpha value is -2.73. The first-order valence-electron chi connectivity index (χ1n) is 10.3. The van der Waals surface area contributed by atoms with Crippen molar-refractivity contribution in [3.63, 3.8) is 0 Å². The smallest absolute Gasteiger partial charge is 0.193 e. The average Bonchev–Trinajstić information content (AvgIpc) is 2.76. The van der Waals surface area contributed by atoms with E-state index in [2.05, 4.69) is 63.6 Å². The largest absolute Gasteiger partial charge is 0.494 e. The van der Waals surface area contributed by atoms with Crippen molar-refractivity contribution in [3.8, 4) is 5.75 Å². The molecule has 0 saturated carbocycles. The number of hydrogen-bond acceptors (Lipinski definition) is 4. The van der Waals surface area contributed by atoms with Crippen molar-refractivity contribution in [1.82, 2.24) is 10.2 Å². The van der Waals surface area contributed by atoms with Gasteiger partial charge in [-0.2, -0.15) is 0 Å². The monoisotopic (exact) mass is 396 g/mol. The number of aliphatic imine (C=N–C) groups is 1. The molecule has 0 aromatic heterocycles. The number of rotatable bonds is 7. The van der Waals surface area contributed by atoms with E-state index in [-0.39, 0.29) is 0 Å². The molecular formula is C23H32N4O2. The van der Waals surface area contributed by atoms with Gasteiger partial charge in [0, 0.05) is 46.0 Å². The third-order valence-electron chi connectivity index (χ3n) is 5.01. The van der Waals surface area contributed by atoms with Gasteiger partial charge in [-0.05, 0) is 36.2 Å². The van der Waals surface area contributed by atoms with Gasteiger partial charge in [-0.15, -0.1) is 0 Å². The summed E-state index contributed by atoms with van der Waals surface area (Å²) in [5.41, 5.74) is 3.76. The highest BCUT2D eigenvalue weighted by molar-refractivity contribution is 5.79. The highest BCUT2D eigenvalue weighted by Crippen LogP contribution is 2.21. The summed E-state index contributed by atoms with van der Waals surface area (Å²) in [6.07, 6.45) is 0. The fourth-order valence-corrected chi connectivity index (χ4v) is 3.54. The summed E-state index contributed by atoms with van der Waals surface area (Å²) in [7, 11) is 3.88. The van der Waals surface area contributed by atoms with Gasteiger partial charge in [-0.3, -0.25) is 4.99 Å². The first kappa shape index (κ1) is 21.0. The van der Waals surface area contributed by atoms with Gasteiger partial charge in [-0.25, -0.2) is 0 Å². The molecule has 1 fully saturated rings. The number of hydrogen-bond donors (Lipinski definition) is 1. The van der Waals surface area contributed by atoms with Gasteiger partial charge in [0.25, 0.3) is 0 Å². The van der Waals surface area contributed by atoms with E-state index in [9.17, 15) is 0 Å². The lowest BCUT2D eigenvalue weighted by Crippen LogP contribution is -2.39. The molecule has 0 amide bonds. The van der Waals surface area contributed by atoms with Crippen molar-refractivity contribution < 1.29 is 9.47 Å². The molecule has 156 valence electrons. The van der Waals surface area contributed by atoms with Gasteiger partial charge in [0.05, 0.1) is 19.8 Å². The van der Waals surface area contributed by atoms with Crippen LogP contribution in [0.5, 0.6) is 5.75 Å². The molecule has 6 heteroatoms. The molecule has 1 aliphatic rings. The minimum atomic E-state index is 0.682. The molecule has 6 nitrogen and oxygen atoms in total. The summed E-state index contributed by atoms with van der Waals surface area (Å²) in [4.78, 5) is 8.99. The molecule has 0 bridgehead atoms. The zero-order valence-corrected chi connectivity index (χ0v) is 17.7. The SMILES string of the molecule is CCOc1ccc(CN(C)C(=NC)NCc2ccccc2N2CCOCC2)cc1. The zero-order valence-electron chi connectivity index (χ0n) is 17.7. The molecule has 0 spiro atoms. The van der Waals surface area contributed by atoms with E-state index in [4.69, 9.17) is 9.47 Å². The van der Waals surface area contributed by atoms with Crippen molar-refractivity contribution in [1.29, 1.82) is 0 Å². The molecule has 1 heterocycles. The standard InChI is InChI=1S/C23H32N4O2/c1-4-29-21-11-9-19(10-12-21)18-26(3)23(24-2)25-17-20-7-5-6-8-22(20)27-13-15-28-16-14-27/h5-12H,4,13-18H2,1-3H3,(H,24,25). The Balaban J connectivity index is 1.60. The molecule has 1 saturated heterocycles. The fraction of sp³-hybridized carbons (Fsp3) is 0.435. The van der Waals surface area contributed by atoms with E-state index < -0.39 is 0 Å². The number of para-hydroxylation sites is 1. The van der Waals surface area contributed by atoms with Crippen LogP contribution in [0.15, 0.2) is 53.5 Å². The number of morpholine rings is 1. The van der Waals surface area contributed by atoms with Crippen LogP contribution in [0.3, 0.4) is 0 Å². The third-order valence-corrected chi connectivity index (χ3v) is 5.01. The van der Waals surface area contributed by atoms with Crippen LogP contribution in [-0.4, -0.2) is 57.9 Å². The van der Waals surface area contributed by atoms with E-state index in [1.165, 1.54) is 16.8 Å². The Kier molecular flexibility index (Phi) is 7.76. The normalized spacial score (nSPS) is 14.6. The van der Waals surface area contributed by atoms with Crippen molar-refractivity contribution in [2.75, 3.05) is 51.9 Å². The van der Waals surface area contributed by atoms with Gasteiger partial charge in [0.15, 0.2) is 5.96 Å². The molecular weight excluding hydrogens is 364 g/mol. The van der Waals surface area contributed by atoms with Gasteiger partial charge in [0.1, 0.15) is 5.75 Å². The van der Waals surface area contributed by atoms with E-state index >= 15 is 0 Å². The maximum absolute atomic E-state index is 5.52. The summed E-state index contributed by atoms with van der Waals surface area (Å²) in [5.74, 6) is 1.77. The second kappa shape index (κ2) is 10.7. The number of nitrogens with one attached hydrogen (secondary N) is 1. The molecule has 1 N–H and O–H groups in total. The van der Waals surface area contributed by atoms with Crippen LogP contribution in [0.2, 0.25) is 0 Å². The minimum absolute atomic E-state index is 0.682. The lowest BCUT2D eigenvalue weighted by molar-refractivity contribution is 0.122.